The number of carbonyl (C=O) groups excluding carboxylic acids is 4. The average molecular weight is 1700 g/mol. The van der Waals surface area contributed by atoms with Crippen molar-refractivity contribution in [2.75, 3.05) is 26.4 Å². The molecule has 0 aromatic heterocycles. The molecule has 117 heavy (non-hydrogen) atoms. The average Bonchev–Trinajstić information content (AvgIpc) is 0.796. The van der Waals surface area contributed by atoms with Crippen LogP contribution >= 0.6 is 0 Å². The third-order valence-corrected chi connectivity index (χ3v) is 23.8. The van der Waals surface area contributed by atoms with Gasteiger partial charge < -0.3 is 28.1 Å². The van der Waals surface area contributed by atoms with Gasteiger partial charge in [0.15, 0.2) is 0 Å². The largest absolute Gasteiger partial charge is 2.00 e. The first kappa shape index (κ1) is 113. The molecule has 17 heteroatoms. The fourth-order valence-corrected chi connectivity index (χ4v) is 16.4. The third kappa shape index (κ3) is 69.5. The Kier molecular flexibility index (Phi) is 81.9. The summed E-state index contributed by atoms with van der Waals surface area (Å²) in [5, 5.41) is 0. The van der Waals surface area contributed by atoms with Crippen molar-refractivity contribution in [2.24, 2.45) is 0 Å². The molecule has 0 atom stereocenters. The molecule has 14 nitrogen and oxygen atoms in total. The first-order valence-electron chi connectivity index (χ1n) is 48.1. The Labute approximate surface area is 747 Å². The van der Waals surface area contributed by atoms with Gasteiger partial charge >= 0.3 is 61.6 Å². The number of carbonyl (C=O) groups is 4. The van der Waals surface area contributed by atoms with E-state index in [9.17, 15) is 45.1 Å². The van der Waals surface area contributed by atoms with Gasteiger partial charge in [0.25, 0.3) is 0 Å². The van der Waals surface area contributed by atoms with Crippen molar-refractivity contribution in [1.82, 2.24) is 0 Å². The number of ether oxygens (including phenoxy) is 4. The Morgan fingerprint density at radius 3 is 0.556 bits per heavy atom. The minimum absolute atomic E-state index is 0. The van der Waals surface area contributed by atoms with Gasteiger partial charge in [-0.1, -0.05) is 422 Å². The molecule has 0 aliphatic heterocycles. The van der Waals surface area contributed by atoms with Crippen LogP contribution in [0.2, 0.25) is 0 Å². The monoisotopic (exact) mass is 1700 g/mol. The van der Waals surface area contributed by atoms with Gasteiger partial charge in [-0.25, -0.2) is 36.0 Å². The van der Waals surface area contributed by atoms with E-state index in [4.69, 9.17) is 18.9 Å². The maximum atomic E-state index is 13.0. The number of rotatable bonds is 82. The smallest absolute Gasteiger partial charge is 0.744 e. The van der Waals surface area contributed by atoms with Crippen LogP contribution in [0.4, 0.5) is 0 Å². The summed E-state index contributed by atoms with van der Waals surface area (Å²) in [7, 11) is -10.0. The van der Waals surface area contributed by atoms with Crippen molar-refractivity contribution >= 4 is 81.9 Å². The van der Waals surface area contributed by atoms with Crippen LogP contribution in [0.5, 0.6) is 0 Å². The molecule has 0 bridgehead atoms. The molecule has 0 spiro atoms. The molecule has 2 aromatic carbocycles. The summed E-state index contributed by atoms with van der Waals surface area (Å²) < 4.78 is 93.7. The van der Waals surface area contributed by atoms with E-state index in [-0.39, 0.29) is 75.3 Å². The van der Waals surface area contributed by atoms with Gasteiger partial charge in [0.1, 0.15) is 20.2 Å². The first-order valence-corrected chi connectivity index (χ1v) is 50.9. The van der Waals surface area contributed by atoms with Crippen LogP contribution in [0.25, 0.3) is 0 Å². The van der Waals surface area contributed by atoms with Crippen LogP contribution in [0, 0.1) is 0 Å². The van der Waals surface area contributed by atoms with Crippen molar-refractivity contribution in [3.8, 4) is 0 Å². The Bertz CT molecular complexity index is 2810. The van der Waals surface area contributed by atoms with Gasteiger partial charge in [-0.15, -0.1) is 0 Å². The molecular formula is C100H170CaO14S2. The Hall–Kier alpha value is -3.64. The molecule has 2 aromatic rings. The number of hydrogen-bond donors (Lipinski definition) is 0. The predicted molar refractivity (Wildman–Crippen MR) is 489 cm³/mol. The zero-order valence-electron chi connectivity index (χ0n) is 75.2. The third-order valence-electron chi connectivity index (χ3n) is 22.0. The van der Waals surface area contributed by atoms with Crippen LogP contribution in [-0.4, -0.2) is 114 Å². The molecule has 0 heterocycles. The van der Waals surface area contributed by atoms with Crippen molar-refractivity contribution < 1.29 is 64.1 Å². The summed E-state index contributed by atoms with van der Waals surface area (Å²) >= 11 is 0. The van der Waals surface area contributed by atoms with Gasteiger partial charge in [-0.3, -0.25) is 0 Å². The van der Waals surface area contributed by atoms with Gasteiger partial charge in [0.05, 0.1) is 58.5 Å². The summed E-state index contributed by atoms with van der Waals surface area (Å²) in [5.74, 6) is -3.61. The summed E-state index contributed by atoms with van der Waals surface area (Å²) in [6, 6.07) is 7.28. The number of unbranched alkanes of at least 4 members (excludes halogenated alkanes) is 60. The van der Waals surface area contributed by atoms with Crippen LogP contribution in [-0.2, 0) is 39.2 Å². The molecular weight excluding hydrogens is 1530 g/mol. The summed E-state index contributed by atoms with van der Waals surface area (Å²) in [4.78, 5) is 50.5. The predicted octanol–water partition coefficient (Wildman–Crippen LogP) is 30.3. The summed E-state index contributed by atoms with van der Waals surface area (Å²) in [6.45, 7) is 9.24. The Balaban J connectivity index is 0.00000228. The van der Waals surface area contributed by atoms with Crippen LogP contribution in [0.1, 0.15) is 506 Å². The van der Waals surface area contributed by atoms with E-state index in [0.29, 0.717) is 25.7 Å². The van der Waals surface area contributed by atoms with E-state index < -0.39 is 65.0 Å². The molecule has 0 saturated carbocycles. The number of allylic oxidation sites excluding steroid dienone is 8. The second-order valence-electron chi connectivity index (χ2n) is 32.7. The molecule has 0 saturated heterocycles. The number of benzene rings is 2. The van der Waals surface area contributed by atoms with Crippen molar-refractivity contribution in [1.29, 1.82) is 0 Å². The van der Waals surface area contributed by atoms with E-state index in [1.807, 2.05) is 0 Å². The second kappa shape index (κ2) is 84.6. The van der Waals surface area contributed by atoms with E-state index in [1.165, 1.54) is 332 Å². The molecule has 0 aliphatic rings. The van der Waals surface area contributed by atoms with Gasteiger partial charge in [0.2, 0.25) is 0 Å². The molecule has 668 valence electrons. The molecule has 0 radical (unpaired) electrons. The minimum Gasteiger partial charge on any atom is -0.744 e. The topological polar surface area (TPSA) is 220 Å². The Morgan fingerprint density at radius 1 is 0.239 bits per heavy atom. The fourth-order valence-electron chi connectivity index (χ4n) is 15.0. The fraction of sp³-hybridized carbons (Fsp3) is 0.760. The molecule has 0 aliphatic carbocycles. The van der Waals surface area contributed by atoms with Crippen molar-refractivity contribution in [3.63, 3.8) is 0 Å². The number of hydrogen-bond acceptors (Lipinski definition) is 14. The van der Waals surface area contributed by atoms with E-state index in [1.54, 1.807) is 0 Å². The molecule has 0 fully saturated rings. The van der Waals surface area contributed by atoms with Crippen molar-refractivity contribution in [3.05, 3.63) is 107 Å². The second-order valence-corrected chi connectivity index (χ2v) is 35.4. The van der Waals surface area contributed by atoms with Gasteiger partial charge in [-0.2, -0.15) is 0 Å². The van der Waals surface area contributed by atoms with Crippen LogP contribution in [0.15, 0.2) is 94.8 Å². The maximum absolute atomic E-state index is 13.0. The van der Waals surface area contributed by atoms with Gasteiger partial charge in [0, 0.05) is 0 Å². The first-order chi connectivity index (χ1) is 56.6. The maximum Gasteiger partial charge on any atom is 2.00 e. The molecule has 0 amide bonds. The van der Waals surface area contributed by atoms with Gasteiger partial charge in [-0.05, 0) is 127 Å². The SMILES string of the molecule is CC/C=C/CCCCCCCCCCCCCCCCCOC(=O)c1cccc(S(=O)(=O)[O-])c1C(=O)OCCCCCCCCCCCCCCCCC/C=C/CC.CC/C=C/CCCCCCCCCCCCCCCCCOC(=O)c1cccc(S(=O)(=O)[O-])c1C(=O)OCCCCCCCCCCCCCCCCC/C=C/CC.[Ca+2]. The van der Waals surface area contributed by atoms with E-state index in [2.05, 4.69) is 76.3 Å². The van der Waals surface area contributed by atoms with Crippen LogP contribution in [0.3, 0.4) is 0 Å². The zero-order chi connectivity index (χ0) is 84.4. The molecule has 2 rings (SSSR count). The summed E-state index contributed by atoms with van der Waals surface area (Å²) in [6.07, 6.45) is 101. The normalized spacial score (nSPS) is 11.8. The standard InChI is InChI=1S/2C50H86O7S.Ca/c2*1-3-5-7-9-11-13-15-17-19-21-23-25-27-29-31-33-35-37-39-44-56-49(51)46-42-41-43-47(58(53,54)55)48(46)50(52)57-45-40-38-36-34-32-30-28-26-24-22-20-18-16-14-12-10-8-6-4-2;/h2*5-8,41-43H,3-4,9-40,44-45H2,1-2H3,(H,53,54,55);/q;;+2/p-2/b2*7-5+,8-6+;. The van der Waals surface area contributed by atoms with Crippen molar-refractivity contribution in [2.45, 2.75) is 474 Å². The van der Waals surface area contributed by atoms with E-state index >= 15 is 0 Å². The Morgan fingerprint density at radius 2 is 0.393 bits per heavy atom. The zero-order valence-corrected chi connectivity index (χ0v) is 79.1. The number of esters is 4. The quantitative estimate of drug-likeness (QED) is 0.0150. The van der Waals surface area contributed by atoms with E-state index in [0.717, 1.165) is 115 Å². The summed E-state index contributed by atoms with van der Waals surface area (Å²) in [5.41, 5.74) is -1.54. The van der Waals surface area contributed by atoms with Crippen LogP contribution < -0.4 is 0 Å². The molecule has 0 unspecified atom stereocenters. The minimum atomic E-state index is -5.02. The molecule has 0 N–H and O–H groups in total.